The second kappa shape index (κ2) is 10.5. The molecule has 1 N–H and O–H groups in total. The van der Waals surface area contributed by atoms with Gasteiger partial charge in [-0.25, -0.2) is 9.78 Å². The number of imidazole rings is 1. The number of para-hydroxylation sites is 2. The van der Waals surface area contributed by atoms with Gasteiger partial charge in [0.25, 0.3) is 0 Å². The number of aromatic carboxylic acids is 1. The molecule has 0 amide bonds. The average molecular weight is 490 g/mol. The van der Waals surface area contributed by atoms with E-state index in [1.165, 1.54) is 11.1 Å². The molecule has 5 rings (SSSR count). The van der Waals surface area contributed by atoms with Gasteiger partial charge in [0.2, 0.25) is 0 Å². The van der Waals surface area contributed by atoms with Gasteiger partial charge in [-0.05, 0) is 80.0 Å². The second-order valence-corrected chi connectivity index (χ2v) is 9.40. The number of aromatic nitrogens is 2. The number of carboxylic acids is 1. The van der Waals surface area contributed by atoms with Crippen molar-refractivity contribution in [2.75, 3.05) is 26.2 Å². The second-order valence-electron chi connectivity index (χ2n) is 8.97. The fourth-order valence-corrected chi connectivity index (χ4v) is 4.87. The van der Waals surface area contributed by atoms with Gasteiger partial charge in [0.1, 0.15) is 18.2 Å². The number of halogens is 1. The normalized spacial score (nSPS) is 14.9. The number of piperidine rings is 1. The number of carbonyl (C=O) groups is 1. The Labute approximate surface area is 209 Å². The molecule has 1 aromatic heterocycles. The molecule has 0 aliphatic carbocycles. The molecule has 180 valence electrons. The Bertz CT molecular complexity index is 1290. The molecule has 0 atom stereocenters. The lowest BCUT2D eigenvalue weighted by molar-refractivity contribution is 0.0697. The van der Waals surface area contributed by atoms with Gasteiger partial charge in [-0.1, -0.05) is 35.9 Å². The van der Waals surface area contributed by atoms with Crippen LogP contribution in [-0.4, -0.2) is 51.8 Å². The minimum absolute atomic E-state index is 0.265. The topological polar surface area (TPSA) is 67.6 Å². The van der Waals surface area contributed by atoms with Gasteiger partial charge >= 0.3 is 5.97 Å². The Kier molecular flexibility index (Phi) is 7.02. The van der Waals surface area contributed by atoms with Gasteiger partial charge < -0.3 is 14.4 Å². The van der Waals surface area contributed by atoms with E-state index in [0.29, 0.717) is 18.3 Å². The molecule has 0 bridgehead atoms. The Morgan fingerprint density at radius 2 is 1.71 bits per heavy atom. The molecule has 1 aliphatic heterocycles. The first kappa shape index (κ1) is 23.4. The van der Waals surface area contributed by atoms with E-state index < -0.39 is 5.97 Å². The molecule has 0 radical (unpaired) electrons. The largest absolute Gasteiger partial charge is 0.492 e. The number of nitrogens with zero attached hydrogens (tertiary/aromatic N) is 3. The van der Waals surface area contributed by atoms with Crippen LogP contribution in [0.2, 0.25) is 5.02 Å². The maximum atomic E-state index is 11.0. The predicted octanol–water partition coefficient (Wildman–Crippen LogP) is 5.69. The number of likely N-dealkylation sites (tertiary alicyclic amines) is 1. The molecule has 0 saturated carbocycles. The Morgan fingerprint density at radius 1 is 1.00 bits per heavy atom. The van der Waals surface area contributed by atoms with E-state index in [4.69, 9.17) is 26.4 Å². The van der Waals surface area contributed by atoms with Crippen molar-refractivity contribution in [3.05, 3.63) is 94.8 Å². The zero-order valence-electron chi connectivity index (χ0n) is 19.4. The van der Waals surface area contributed by atoms with Crippen LogP contribution in [0.1, 0.15) is 40.5 Å². The molecule has 6 nitrogen and oxygen atoms in total. The van der Waals surface area contributed by atoms with E-state index in [2.05, 4.69) is 39.8 Å². The first-order valence-corrected chi connectivity index (χ1v) is 12.3. The van der Waals surface area contributed by atoms with Gasteiger partial charge in [-0.15, -0.1) is 0 Å². The van der Waals surface area contributed by atoms with E-state index in [1.54, 1.807) is 24.3 Å². The molecule has 3 aromatic carbocycles. The summed E-state index contributed by atoms with van der Waals surface area (Å²) in [5.41, 5.74) is 3.69. The highest BCUT2D eigenvalue weighted by Gasteiger charge is 2.25. The fourth-order valence-electron chi connectivity index (χ4n) is 4.75. The van der Waals surface area contributed by atoms with Gasteiger partial charge in [0, 0.05) is 24.0 Å². The van der Waals surface area contributed by atoms with Crippen LogP contribution in [-0.2, 0) is 6.54 Å². The third kappa shape index (κ3) is 5.50. The van der Waals surface area contributed by atoms with Crippen LogP contribution in [0, 0.1) is 0 Å². The summed E-state index contributed by atoms with van der Waals surface area (Å²) in [5, 5.41) is 9.76. The summed E-state index contributed by atoms with van der Waals surface area (Å²) >= 11 is 6.09. The minimum atomic E-state index is -0.930. The monoisotopic (exact) mass is 489 g/mol. The summed E-state index contributed by atoms with van der Waals surface area (Å²) in [7, 11) is 0. The van der Waals surface area contributed by atoms with Crippen LogP contribution < -0.4 is 4.74 Å². The molecule has 1 fully saturated rings. The molecule has 1 saturated heterocycles. The van der Waals surface area contributed by atoms with Crippen LogP contribution in [0.5, 0.6) is 5.75 Å². The number of benzene rings is 3. The zero-order chi connectivity index (χ0) is 24.2. The summed E-state index contributed by atoms with van der Waals surface area (Å²) in [5.74, 6) is 1.34. The highest BCUT2D eigenvalue weighted by molar-refractivity contribution is 6.30. The average Bonchev–Trinajstić information content (AvgIpc) is 3.24. The van der Waals surface area contributed by atoms with Crippen molar-refractivity contribution in [3.8, 4) is 5.75 Å². The number of rotatable bonds is 8. The first-order chi connectivity index (χ1) is 17.1. The first-order valence-electron chi connectivity index (χ1n) is 11.9. The third-order valence-corrected chi connectivity index (χ3v) is 6.92. The lowest BCUT2D eigenvalue weighted by atomic mass is 9.95. The van der Waals surface area contributed by atoms with Gasteiger partial charge in [0.15, 0.2) is 0 Å². The number of hydrogen-bond acceptors (Lipinski definition) is 4. The Hall–Kier alpha value is -3.35. The maximum Gasteiger partial charge on any atom is 0.335 e. The molecule has 2 heterocycles. The van der Waals surface area contributed by atoms with E-state index in [9.17, 15) is 4.79 Å². The van der Waals surface area contributed by atoms with E-state index in [0.717, 1.165) is 55.4 Å². The van der Waals surface area contributed by atoms with Gasteiger partial charge in [-0.2, -0.15) is 0 Å². The number of hydrogen-bond donors (Lipinski definition) is 1. The van der Waals surface area contributed by atoms with Crippen LogP contribution in [0.4, 0.5) is 0 Å². The standard InChI is InChI=1S/C28H28ClN3O3/c29-23-9-5-20(6-10-23)19-32-26-4-2-1-3-25(26)30-27(32)21-13-15-31(16-14-21)17-18-35-24-11-7-22(8-12-24)28(33)34/h1-12,21H,13-19H2,(H,33,34). The SMILES string of the molecule is O=C(O)c1ccc(OCCN2CCC(c3nc4ccccc4n3Cc3ccc(Cl)cc3)CC2)cc1. The van der Waals surface area contributed by atoms with Crippen molar-refractivity contribution in [3.63, 3.8) is 0 Å². The highest BCUT2D eigenvalue weighted by atomic mass is 35.5. The Morgan fingerprint density at radius 3 is 2.43 bits per heavy atom. The zero-order valence-corrected chi connectivity index (χ0v) is 20.2. The van der Waals surface area contributed by atoms with Crippen molar-refractivity contribution in [1.82, 2.24) is 14.5 Å². The molecule has 35 heavy (non-hydrogen) atoms. The lowest BCUT2D eigenvalue weighted by Crippen LogP contribution is -2.36. The Balaban J connectivity index is 1.21. The maximum absolute atomic E-state index is 11.0. The molecular weight excluding hydrogens is 462 g/mol. The molecule has 0 spiro atoms. The van der Waals surface area contributed by atoms with Crippen LogP contribution in [0.25, 0.3) is 11.0 Å². The number of carboxylic acid groups (broad SMARTS) is 1. The lowest BCUT2D eigenvalue weighted by Gasteiger charge is -2.31. The van der Waals surface area contributed by atoms with E-state index in [-0.39, 0.29) is 5.56 Å². The minimum Gasteiger partial charge on any atom is -0.492 e. The molecule has 0 unspecified atom stereocenters. The molecule has 1 aliphatic rings. The highest BCUT2D eigenvalue weighted by Crippen LogP contribution is 2.31. The molecular formula is C28H28ClN3O3. The summed E-state index contributed by atoms with van der Waals surface area (Å²) in [6.45, 7) is 4.19. The predicted molar refractivity (Wildman–Crippen MR) is 138 cm³/mol. The van der Waals surface area contributed by atoms with Crippen LogP contribution >= 0.6 is 11.6 Å². The van der Waals surface area contributed by atoms with Crippen molar-refractivity contribution < 1.29 is 14.6 Å². The smallest absolute Gasteiger partial charge is 0.335 e. The summed E-state index contributed by atoms with van der Waals surface area (Å²) in [6.07, 6.45) is 2.11. The number of fused-ring (bicyclic) bond motifs is 1. The van der Waals surface area contributed by atoms with Crippen molar-refractivity contribution in [2.24, 2.45) is 0 Å². The van der Waals surface area contributed by atoms with E-state index in [1.807, 2.05) is 18.2 Å². The van der Waals surface area contributed by atoms with Crippen molar-refractivity contribution >= 4 is 28.6 Å². The molecule has 4 aromatic rings. The molecule has 7 heteroatoms. The summed E-state index contributed by atoms with van der Waals surface area (Å²) in [4.78, 5) is 18.5. The third-order valence-electron chi connectivity index (χ3n) is 6.67. The number of ether oxygens (including phenoxy) is 1. The fraction of sp³-hybridized carbons (Fsp3) is 0.286. The van der Waals surface area contributed by atoms with Crippen LogP contribution in [0.15, 0.2) is 72.8 Å². The van der Waals surface area contributed by atoms with Crippen molar-refractivity contribution in [1.29, 1.82) is 0 Å². The van der Waals surface area contributed by atoms with Crippen LogP contribution in [0.3, 0.4) is 0 Å². The van der Waals surface area contributed by atoms with Gasteiger partial charge in [-0.3, -0.25) is 4.90 Å². The van der Waals surface area contributed by atoms with Gasteiger partial charge in [0.05, 0.1) is 16.6 Å². The quantitative estimate of drug-likeness (QED) is 0.344. The summed E-state index contributed by atoms with van der Waals surface area (Å²) < 4.78 is 8.19. The van der Waals surface area contributed by atoms with Crippen molar-refractivity contribution in [2.45, 2.75) is 25.3 Å². The summed E-state index contributed by atoms with van der Waals surface area (Å²) in [6, 6.07) is 23.0. The van der Waals surface area contributed by atoms with E-state index >= 15 is 0 Å².